The molecule has 0 aliphatic rings. The van der Waals surface area contributed by atoms with Crippen LogP contribution in [0.25, 0.3) is 11.3 Å². The SMILES string of the molecule is O=C(Cn1cc([N+](=O)[O-])cn1)Nc1cccc(-c2ccn[nH]2)c1. The average Bonchev–Trinajstić information content (AvgIpc) is 3.18. The van der Waals surface area contributed by atoms with E-state index < -0.39 is 4.92 Å². The number of nitro groups is 1. The predicted molar refractivity (Wildman–Crippen MR) is 81.5 cm³/mol. The van der Waals surface area contributed by atoms with Crippen LogP contribution in [0.3, 0.4) is 0 Å². The van der Waals surface area contributed by atoms with E-state index in [2.05, 4.69) is 20.6 Å². The quantitative estimate of drug-likeness (QED) is 0.550. The number of H-pyrrole nitrogens is 1. The number of aromatic nitrogens is 4. The number of carbonyl (C=O) groups is 1. The fourth-order valence-corrected chi connectivity index (χ4v) is 2.06. The molecule has 2 aromatic heterocycles. The molecule has 0 spiro atoms. The van der Waals surface area contributed by atoms with Gasteiger partial charge in [0.25, 0.3) is 0 Å². The first-order valence-electron chi connectivity index (χ1n) is 6.68. The highest BCUT2D eigenvalue weighted by atomic mass is 16.6. The molecule has 3 rings (SSSR count). The zero-order valence-corrected chi connectivity index (χ0v) is 11.8. The number of rotatable bonds is 5. The molecular formula is C14H12N6O3. The molecule has 116 valence electrons. The topological polar surface area (TPSA) is 119 Å². The molecule has 0 radical (unpaired) electrons. The monoisotopic (exact) mass is 312 g/mol. The van der Waals surface area contributed by atoms with Crippen molar-refractivity contribution in [1.82, 2.24) is 20.0 Å². The van der Waals surface area contributed by atoms with Crippen LogP contribution in [-0.2, 0) is 11.3 Å². The molecule has 0 saturated carbocycles. The van der Waals surface area contributed by atoms with E-state index >= 15 is 0 Å². The highest BCUT2D eigenvalue weighted by Crippen LogP contribution is 2.20. The maximum absolute atomic E-state index is 12.0. The van der Waals surface area contributed by atoms with Crippen molar-refractivity contribution >= 4 is 17.3 Å². The number of anilines is 1. The molecule has 0 atom stereocenters. The average molecular weight is 312 g/mol. The van der Waals surface area contributed by atoms with Gasteiger partial charge in [0.2, 0.25) is 5.91 Å². The molecule has 0 unspecified atom stereocenters. The summed E-state index contributed by atoms with van der Waals surface area (Å²) in [5.74, 6) is -0.329. The normalized spacial score (nSPS) is 10.4. The largest absolute Gasteiger partial charge is 0.324 e. The number of carbonyl (C=O) groups excluding carboxylic acids is 1. The third-order valence-electron chi connectivity index (χ3n) is 3.09. The van der Waals surface area contributed by atoms with Gasteiger partial charge >= 0.3 is 5.69 Å². The Morgan fingerprint density at radius 3 is 2.96 bits per heavy atom. The number of aromatic amines is 1. The fourth-order valence-electron chi connectivity index (χ4n) is 2.06. The van der Waals surface area contributed by atoms with Gasteiger partial charge in [0, 0.05) is 17.4 Å². The lowest BCUT2D eigenvalue weighted by molar-refractivity contribution is -0.385. The molecule has 0 bridgehead atoms. The fraction of sp³-hybridized carbons (Fsp3) is 0.0714. The molecule has 2 heterocycles. The second-order valence-corrected chi connectivity index (χ2v) is 4.75. The van der Waals surface area contributed by atoms with Crippen molar-refractivity contribution in [3.05, 3.63) is 59.0 Å². The molecule has 1 amide bonds. The minimum atomic E-state index is -0.560. The van der Waals surface area contributed by atoms with E-state index in [1.54, 1.807) is 18.3 Å². The Morgan fingerprint density at radius 1 is 1.39 bits per heavy atom. The van der Waals surface area contributed by atoms with Crippen molar-refractivity contribution in [1.29, 1.82) is 0 Å². The molecule has 0 fully saturated rings. The first-order chi connectivity index (χ1) is 11.1. The summed E-state index contributed by atoms with van der Waals surface area (Å²) in [7, 11) is 0. The third-order valence-corrected chi connectivity index (χ3v) is 3.09. The van der Waals surface area contributed by atoms with Crippen LogP contribution in [0, 0.1) is 10.1 Å². The van der Waals surface area contributed by atoms with E-state index in [0.717, 1.165) is 17.5 Å². The molecule has 9 nitrogen and oxygen atoms in total. The summed E-state index contributed by atoms with van der Waals surface area (Å²) in [4.78, 5) is 22.0. The molecule has 0 saturated heterocycles. The molecular weight excluding hydrogens is 300 g/mol. The van der Waals surface area contributed by atoms with Gasteiger partial charge < -0.3 is 5.32 Å². The lowest BCUT2D eigenvalue weighted by Gasteiger charge is -2.06. The summed E-state index contributed by atoms with van der Waals surface area (Å²) in [6, 6.07) is 9.08. The van der Waals surface area contributed by atoms with Gasteiger partial charge in [-0.2, -0.15) is 10.2 Å². The van der Waals surface area contributed by atoms with Crippen LogP contribution in [-0.4, -0.2) is 30.8 Å². The number of nitrogens with zero attached hydrogens (tertiary/aromatic N) is 4. The van der Waals surface area contributed by atoms with Gasteiger partial charge in [-0.25, -0.2) is 0 Å². The lowest BCUT2D eigenvalue weighted by Crippen LogP contribution is -2.19. The van der Waals surface area contributed by atoms with Crippen LogP contribution in [0.2, 0.25) is 0 Å². The Bertz CT molecular complexity index is 840. The summed E-state index contributed by atoms with van der Waals surface area (Å²) in [6.45, 7) is -0.109. The Hall–Kier alpha value is -3.49. The van der Waals surface area contributed by atoms with Crippen LogP contribution in [0.1, 0.15) is 0 Å². The van der Waals surface area contributed by atoms with Crippen LogP contribution in [0.15, 0.2) is 48.9 Å². The van der Waals surface area contributed by atoms with Gasteiger partial charge in [-0.05, 0) is 18.2 Å². The second kappa shape index (κ2) is 6.10. The minimum absolute atomic E-state index is 0.109. The zero-order chi connectivity index (χ0) is 16.2. The highest BCUT2D eigenvalue weighted by molar-refractivity contribution is 5.91. The molecule has 0 aliphatic heterocycles. The maximum atomic E-state index is 12.0. The maximum Gasteiger partial charge on any atom is 0.307 e. The van der Waals surface area contributed by atoms with E-state index in [-0.39, 0.29) is 18.1 Å². The van der Waals surface area contributed by atoms with Gasteiger partial charge in [-0.3, -0.25) is 24.7 Å². The highest BCUT2D eigenvalue weighted by Gasteiger charge is 2.11. The minimum Gasteiger partial charge on any atom is -0.324 e. The molecule has 0 aliphatic carbocycles. The summed E-state index contributed by atoms with van der Waals surface area (Å²) in [6.07, 6.45) is 3.96. The summed E-state index contributed by atoms with van der Waals surface area (Å²) >= 11 is 0. The Morgan fingerprint density at radius 2 is 2.26 bits per heavy atom. The number of nitrogens with one attached hydrogen (secondary N) is 2. The third kappa shape index (κ3) is 3.40. The van der Waals surface area contributed by atoms with Gasteiger partial charge in [0.1, 0.15) is 18.9 Å². The molecule has 23 heavy (non-hydrogen) atoms. The van der Waals surface area contributed by atoms with Crippen molar-refractivity contribution in [2.45, 2.75) is 6.54 Å². The van der Waals surface area contributed by atoms with Crippen LogP contribution >= 0.6 is 0 Å². The first-order valence-corrected chi connectivity index (χ1v) is 6.68. The number of benzene rings is 1. The van der Waals surface area contributed by atoms with E-state index in [1.807, 2.05) is 18.2 Å². The summed E-state index contributed by atoms with van der Waals surface area (Å²) < 4.78 is 1.21. The number of amides is 1. The van der Waals surface area contributed by atoms with Gasteiger partial charge in [-0.1, -0.05) is 12.1 Å². The Kier molecular flexibility index (Phi) is 3.83. The Balaban J connectivity index is 1.68. The second-order valence-electron chi connectivity index (χ2n) is 4.75. The summed E-state index contributed by atoms with van der Waals surface area (Å²) in [5, 5.41) is 23.8. The lowest BCUT2D eigenvalue weighted by atomic mass is 10.1. The standard InChI is InChI=1S/C14H12N6O3/c21-14(9-19-8-12(7-16-19)20(22)23)17-11-3-1-2-10(6-11)13-4-5-15-18-13/h1-8H,9H2,(H,15,18)(H,17,21). The summed E-state index contributed by atoms with van der Waals surface area (Å²) in [5.41, 5.74) is 2.18. The molecule has 1 aromatic carbocycles. The van der Waals surface area contributed by atoms with Crippen LogP contribution in [0.5, 0.6) is 0 Å². The van der Waals surface area contributed by atoms with Crippen molar-refractivity contribution in [2.75, 3.05) is 5.32 Å². The van der Waals surface area contributed by atoms with E-state index in [0.29, 0.717) is 5.69 Å². The van der Waals surface area contributed by atoms with E-state index in [1.165, 1.54) is 10.9 Å². The van der Waals surface area contributed by atoms with Crippen molar-refractivity contribution < 1.29 is 9.72 Å². The van der Waals surface area contributed by atoms with E-state index in [9.17, 15) is 14.9 Å². The van der Waals surface area contributed by atoms with Gasteiger partial charge in [-0.15, -0.1) is 0 Å². The predicted octanol–water partition coefficient (Wildman–Crippen LogP) is 1.82. The van der Waals surface area contributed by atoms with Crippen LogP contribution in [0.4, 0.5) is 11.4 Å². The smallest absolute Gasteiger partial charge is 0.307 e. The van der Waals surface area contributed by atoms with Crippen molar-refractivity contribution in [3.63, 3.8) is 0 Å². The van der Waals surface area contributed by atoms with Gasteiger partial charge in [0.15, 0.2) is 0 Å². The zero-order valence-electron chi connectivity index (χ0n) is 11.8. The Labute approximate surface area is 130 Å². The first kappa shape index (κ1) is 14.4. The van der Waals surface area contributed by atoms with Crippen LogP contribution < -0.4 is 5.32 Å². The number of hydrogen-bond donors (Lipinski definition) is 2. The molecule has 3 aromatic rings. The molecule has 2 N–H and O–H groups in total. The number of hydrogen-bond acceptors (Lipinski definition) is 5. The van der Waals surface area contributed by atoms with Crippen molar-refractivity contribution in [3.8, 4) is 11.3 Å². The van der Waals surface area contributed by atoms with Gasteiger partial charge in [0.05, 0.1) is 10.6 Å². The van der Waals surface area contributed by atoms with E-state index in [4.69, 9.17) is 0 Å². The molecule has 9 heteroatoms. The van der Waals surface area contributed by atoms with Crippen molar-refractivity contribution in [2.24, 2.45) is 0 Å².